The van der Waals surface area contributed by atoms with Crippen LogP contribution in [0.3, 0.4) is 0 Å². The molecule has 1 unspecified atom stereocenters. The van der Waals surface area contributed by atoms with Gasteiger partial charge in [0.25, 0.3) is 0 Å². The number of ketones is 1. The van der Waals surface area contributed by atoms with E-state index in [2.05, 4.69) is 41.2 Å². The maximum atomic E-state index is 13.2. The monoisotopic (exact) mass is 341 g/mol. The van der Waals surface area contributed by atoms with Crippen LogP contribution in [0.4, 0.5) is 0 Å². The lowest BCUT2D eigenvalue weighted by molar-refractivity contribution is -0.0302. The third kappa shape index (κ3) is 2.62. The minimum Gasteiger partial charge on any atom is -0.358 e. The van der Waals surface area contributed by atoms with Crippen LogP contribution in [0.15, 0.2) is 35.2 Å². The summed E-state index contributed by atoms with van der Waals surface area (Å²) in [6.07, 6.45) is 5.05. The third-order valence-electron chi connectivity index (χ3n) is 5.00. The van der Waals surface area contributed by atoms with E-state index in [1.807, 2.05) is 0 Å². The Morgan fingerprint density at radius 2 is 2.17 bits per heavy atom. The number of benzene rings is 1. The molecular formula is C20H23NO2S. The van der Waals surface area contributed by atoms with E-state index in [1.165, 1.54) is 10.9 Å². The lowest BCUT2D eigenvalue weighted by Crippen LogP contribution is -2.24. The van der Waals surface area contributed by atoms with Gasteiger partial charge < -0.3 is 9.30 Å². The molecule has 1 atom stereocenters. The lowest BCUT2D eigenvalue weighted by atomic mass is 9.91. The molecule has 1 aliphatic heterocycles. The largest absolute Gasteiger partial charge is 0.358 e. The number of hydrogen-bond acceptors (Lipinski definition) is 3. The Balaban J connectivity index is 1.88. The minimum absolute atomic E-state index is 0.00507. The molecule has 0 N–H and O–H groups in total. The highest BCUT2D eigenvalue weighted by molar-refractivity contribution is 8.02. The van der Waals surface area contributed by atoms with Crippen molar-refractivity contribution in [1.82, 2.24) is 4.57 Å². The smallest absolute Gasteiger partial charge is 0.206 e. The molecule has 4 rings (SSSR count). The molecule has 2 aromatic rings. The number of para-hydroxylation sites is 1. The fraction of sp³-hybridized carbons (Fsp3) is 0.450. The quantitative estimate of drug-likeness (QED) is 0.727. The number of aromatic nitrogens is 1. The molecular weight excluding hydrogens is 318 g/mol. The summed E-state index contributed by atoms with van der Waals surface area (Å²) < 4.78 is 8.24. The van der Waals surface area contributed by atoms with Gasteiger partial charge in [0, 0.05) is 17.6 Å². The normalized spacial score (nSPS) is 23.0. The molecule has 24 heavy (non-hydrogen) atoms. The summed E-state index contributed by atoms with van der Waals surface area (Å²) in [7, 11) is 0. The first-order valence-corrected chi connectivity index (χ1v) is 9.95. The molecule has 4 heteroatoms. The van der Waals surface area contributed by atoms with E-state index >= 15 is 0 Å². The van der Waals surface area contributed by atoms with Gasteiger partial charge in [0.05, 0.1) is 11.2 Å². The van der Waals surface area contributed by atoms with Crippen LogP contribution in [0.2, 0.25) is 0 Å². The van der Waals surface area contributed by atoms with E-state index in [0.717, 1.165) is 61.2 Å². The summed E-state index contributed by atoms with van der Waals surface area (Å²) in [6.45, 7) is 2.90. The van der Waals surface area contributed by atoms with Crippen LogP contribution in [-0.2, 0) is 11.2 Å². The number of hydrogen-bond donors (Lipinski definition) is 0. The van der Waals surface area contributed by atoms with Crippen LogP contribution < -0.4 is 0 Å². The summed E-state index contributed by atoms with van der Waals surface area (Å²) >= 11 is 1.72. The maximum Gasteiger partial charge on any atom is 0.206 e. The van der Waals surface area contributed by atoms with Crippen molar-refractivity contribution in [2.75, 3.05) is 12.4 Å². The number of allylic oxidation sites excluding steroid dienone is 1. The van der Waals surface area contributed by atoms with Crippen LogP contribution in [0.25, 0.3) is 10.9 Å². The number of rotatable bonds is 3. The van der Waals surface area contributed by atoms with Crippen molar-refractivity contribution in [2.24, 2.45) is 0 Å². The van der Waals surface area contributed by atoms with Crippen molar-refractivity contribution in [3.63, 3.8) is 0 Å². The zero-order valence-corrected chi connectivity index (χ0v) is 14.9. The number of nitrogens with zero attached hydrogens (tertiary/aromatic N) is 1. The summed E-state index contributed by atoms with van der Waals surface area (Å²) in [4.78, 5) is 13.2. The predicted molar refractivity (Wildman–Crippen MR) is 99.6 cm³/mol. The molecule has 0 saturated carbocycles. The standard InChI is InChI=1S/C20H23NO2S/c1-2-24-13-14-10-11-16-15-7-3-4-8-17(15)21(19(16)20(14)22)18-9-5-6-12-23-18/h3-4,7-8,13,18H,2,5-6,9-12H2,1H3. The highest BCUT2D eigenvalue weighted by atomic mass is 32.2. The van der Waals surface area contributed by atoms with Crippen molar-refractivity contribution in [3.05, 3.63) is 46.5 Å². The number of carbonyl (C=O) groups excluding carboxylic acids is 1. The van der Waals surface area contributed by atoms with Crippen molar-refractivity contribution in [1.29, 1.82) is 0 Å². The van der Waals surface area contributed by atoms with Gasteiger partial charge in [-0.15, -0.1) is 11.8 Å². The Morgan fingerprint density at radius 1 is 1.29 bits per heavy atom. The lowest BCUT2D eigenvalue weighted by Gasteiger charge is -2.27. The van der Waals surface area contributed by atoms with Crippen molar-refractivity contribution in [2.45, 2.75) is 45.3 Å². The molecule has 126 valence electrons. The fourth-order valence-electron chi connectivity index (χ4n) is 3.88. The van der Waals surface area contributed by atoms with Crippen LogP contribution in [0.1, 0.15) is 54.9 Å². The molecule has 1 aliphatic carbocycles. The zero-order valence-electron chi connectivity index (χ0n) is 14.1. The highest BCUT2D eigenvalue weighted by Crippen LogP contribution is 2.38. The summed E-state index contributed by atoms with van der Waals surface area (Å²) in [6, 6.07) is 8.40. The molecule has 0 amide bonds. The number of Topliss-reactive ketones (excluding diaryl/α,β-unsaturated/α-hetero) is 1. The molecule has 0 bridgehead atoms. The second kappa shape index (κ2) is 6.77. The number of carbonyl (C=O) groups is 1. The summed E-state index contributed by atoms with van der Waals surface area (Å²) in [5.41, 5.74) is 4.18. The average Bonchev–Trinajstić information content (AvgIpc) is 2.97. The molecule has 0 spiro atoms. The van der Waals surface area contributed by atoms with Gasteiger partial charge in [0.2, 0.25) is 5.78 Å². The second-order valence-corrected chi connectivity index (χ2v) is 7.61. The molecule has 1 aromatic carbocycles. The Hall–Kier alpha value is -1.52. The van der Waals surface area contributed by atoms with E-state index in [4.69, 9.17) is 4.74 Å². The maximum absolute atomic E-state index is 13.2. The third-order valence-corrected chi connectivity index (χ3v) is 5.79. The molecule has 3 nitrogen and oxygen atoms in total. The Bertz CT molecular complexity index is 799. The second-order valence-electron chi connectivity index (χ2n) is 6.46. The molecule has 1 aromatic heterocycles. The predicted octanol–water partition coefficient (Wildman–Crippen LogP) is 5.11. The van der Waals surface area contributed by atoms with Gasteiger partial charge >= 0.3 is 0 Å². The van der Waals surface area contributed by atoms with Gasteiger partial charge in [0.15, 0.2) is 0 Å². The van der Waals surface area contributed by atoms with Crippen molar-refractivity contribution >= 4 is 28.4 Å². The average molecular weight is 341 g/mol. The van der Waals surface area contributed by atoms with Gasteiger partial charge in [-0.3, -0.25) is 4.79 Å². The van der Waals surface area contributed by atoms with Gasteiger partial charge in [-0.1, -0.05) is 25.1 Å². The van der Waals surface area contributed by atoms with E-state index in [0.29, 0.717) is 0 Å². The molecule has 2 aliphatic rings. The van der Waals surface area contributed by atoms with E-state index in [9.17, 15) is 4.79 Å². The zero-order chi connectivity index (χ0) is 16.5. The highest BCUT2D eigenvalue weighted by Gasteiger charge is 2.32. The first kappa shape index (κ1) is 16.0. The molecule has 1 saturated heterocycles. The molecule has 2 heterocycles. The van der Waals surface area contributed by atoms with Crippen LogP contribution in [-0.4, -0.2) is 22.7 Å². The van der Waals surface area contributed by atoms with Crippen molar-refractivity contribution in [3.8, 4) is 0 Å². The van der Waals surface area contributed by atoms with Gasteiger partial charge in [-0.05, 0) is 54.9 Å². The molecule has 1 fully saturated rings. The Labute approximate surface area is 147 Å². The van der Waals surface area contributed by atoms with Gasteiger partial charge in [-0.2, -0.15) is 0 Å². The molecule has 0 radical (unpaired) electrons. The van der Waals surface area contributed by atoms with Crippen LogP contribution in [0, 0.1) is 0 Å². The van der Waals surface area contributed by atoms with E-state index in [1.54, 1.807) is 11.8 Å². The number of fused-ring (bicyclic) bond motifs is 3. The van der Waals surface area contributed by atoms with Gasteiger partial charge in [0.1, 0.15) is 6.23 Å². The Morgan fingerprint density at radius 3 is 2.96 bits per heavy atom. The van der Waals surface area contributed by atoms with E-state index in [-0.39, 0.29) is 12.0 Å². The Kier molecular flexibility index (Phi) is 4.51. The first-order chi connectivity index (χ1) is 11.8. The van der Waals surface area contributed by atoms with E-state index < -0.39 is 0 Å². The number of ether oxygens (including phenoxy) is 1. The topological polar surface area (TPSA) is 31.2 Å². The number of aryl methyl sites for hydroxylation is 1. The van der Waals surface area contributed by atoms with Crippen molar-refractivity contribution < 1.29 is 9.53 Å². The summed E-state index contributed by atoms with van der Waals surface area (Å²) in [5, 5.41) is 3.28. The minimum atomic E-state index is -0.00507. The fourth-order valence-corrected chi connectivity index (χ4v) is 4.47. The van der Waals surface area contributed by atoms with Crippen LogP contribution in [0.5, 0.6) is 0 Å². The number of thioether (sulfide) groups is 1. The van der Waals surface area contributed by atoms with Gasteiger partial charge in [-0.25, -0.2) is 0 Å². The van der Waals surface area contributed by atoms with Crippen LogP contribution >= 0.6 is 11.8 Å². The SMILES string of the molecule is CCSC=C1CCc2c(n(C3CCCCO3)c3ccccc23)C1=O. The summed E-state index contributed by atoms with van der Waals surface area (Å²) in [5.74, 6) is 1.20. The first-order valence-electron chi connectivity index (χ1n) is 8.90.